The lowest BCUT2D eigenvalue weighted by Gasteiger charge is -1.79. The van der Waals surface area contributed by atoms with Gasteiger partial charge in [-0.3, -0.25) is 4.79 Å². The number of allylic oxidation sites excluding steroid dienone is 1. The van der Waals surface area contributed by atoms with Crippen molar-refractivity contribution in [3.8, 4) is 0 Å². The molecule has 40 valence electrons. The Morgan fingerprint density at radius 1 is 1.57 bits per heavy atom. The first-order chi connectivity index (χ1) is 3.18. The summed E-state index contributed by atoms with van der Waals surface area (Å²) in [5.41, 5.74) is 1.15. The standard InChI is InChI=1S/C3HBr2ClO/c4-2(1-6)3(5)7/h1H. The van der Waals surface area contributed by atoms with E-state index >= 15 is 0 Å². The summed E-state index contributed by atoms with van der Waals surface area (Å²) in [6, 6.07) is 0. The Bertz CT molecular complexity index is 110. The van der Waals surface area contributed by atoms with Crippen LogP contribution in [-0.2, 0) is 4.79 Å². The molecule has 4 heteroatoms. The Balaban J connectivity index is 3.82. The summed E-state index contributed by atoms with van der Waals surface area (Å²) < 4.78 is 0.0802. The van der Waals surface area contributed by atoms with Crippen molar-refractivity contribution in [2.45, 2.75) is 0 Å². The Kier molecular flexibility index (Phi) is 3.98. The van der Waals surface area contributed by atoms with Crippen molar-refractivity contribution in [2.24, 2.45) is 0 Å². The molecule has 0 aromatic carbocycles. The molecule has 0 N–H and O–H groups in total. The second-order valence-corrected chi connectivity index (χ2v) is 2.52. The van der Waals surface area contributed by atoms with Gasteiger partial charge in [0.25, 0.3) is 0 Å². The summed E-state index contributed by atoms with van der Waals surface area (Å²) in [5.74, 6) is 0. The van der Waals surface area contributed by atoms with Crippen LogP contribution in [0.4, 0.5) is 0 Å². The van der Waals surface area contributed by atoms with Gasteiger partial charge in [-0.05, 0) is 31.9 Å². The van der Waals surface area contributed by atoms with Crippen LogP contribution in [0.15, 0.2) is 10.0 Å². The summed E-state index contributed by atoms with van der Waals surface area (Å²) in [6.07, 6.45) is 0. The molecule has 0 aromatic rings. The van der Waals surface area contributed by atoms with Crippen LogP contribution in [0.25, 0.3) is 0 Å². The lowest BCUT2D eigenvalue weighted by Crippen LogP contribution is -1.78. The zero-order chi connectivity index (χ0) is 5.86. The van der Waals surface area contributed by atoms with Gasteiger partial charge in [-0.15, -0.1) is 0 Å². The number of hydrogen-bond donors (Lipinski definition) is 0. The predicted molar refractivity (Wildman–Crippen MR) is 36.8 cm³/mol. The molecule has 0 heterocycles. The molecule has 0 spiro atoms. The molecule has 0 aromatic heterocycles. The second-order valence-electron chi connectivity index (χ2n) is 0.731. The second kappa shape index (κ2) is 3.64. The van der Waals surface area contributed by atoms with Crippen molar-refractivity contribution in [3.63, 3.8) is 0 Å². The summed E-state index contributed by atoms with van der Waals surface area (Å²) in [5, 5.41) is 0. The maximum Gasteiger partial charge on any atom is 0.235 e. The minimum absolute atomic E-state index is 0.248. The van der Waals surface area contributed by atoms with Gasteiger partial charge in [0.15, 0.2) is 0 Å². The molecule has 0 rings (SSSR count). The van der Waals surface area contributed by atoms with Crippen LogP contribution in [-0.4, -0.2) is 4.69 Å². The maximum absolute atomic E-state index is 10.1. The van der Waals surface area contributed by atoms with Crippen LogP contribution < -0.4 is 0 Å². The highest BCUT2D eigenvalue weighted by atomic mass is 79.9. The molecule has 0 aliphatic rings. The average molecular weight is 248 g/mol. The molecule has 0 amide bonds. The van der Waals surface area contributed by atoms with E-state index in [2.05, 4.69) is 31.9 Å². The largest absolute Gasteiger partial charge is 0.280 e. The first kappa shape index (κ1) is 7.66. The molecule has 0 radical (unpaired) electrons. The number of carbonyl (C=O) groups is 1. The van der Waals surface area contributed by atoms with E-state index in [9.17, 15) is 4.79 Å². The van der Waals surface area contributed by atoms with Crippen LogP contribution in [0.2, 0.25) is 0 Å². The van der Waals surface area contributed by atoms with Crippen LogP contribution in [0.1, 0.15) is 0 Å². The molecule has 1 nitrogen and oxygen atoms in total. The topological polar surface area (TPSA) is 17.1 Å². The van der Waals surface area contributed by atoms with Crippen molar-refractivity contribution in [1.29, 1.82) is 0 Å². The zero-order valence-corrected chi connectivity index (χ0v) is 7.05. The number of hydrogen-bond acceptors (Lipinski definition) is 1. The normalized spacial score (nSPS) is 11.6. The Labute approximate surface area is 63.0 Å². The minimum Gasteiger partial charge on any atom is -0.280 e. The third kappa shape index (κ3) is 3.26. The molecule has 0 aliphatic heterocycles. The first-order valence-corrected chi connectivity index (χ1v) is 3.36. The zero-order valence-electron chi connectivity index (χ0n) is 3.12. The van der Waals surface area contributed by atoms with E-state index in [0.29, 0.717) is 4.48 Å². The van der Waals surface area contributed by atoms with E-state index in [4.69, 9.17) is 11.6 Å². The number of halogens is 3. The van der Waals surface area contributed by atoms with E-state index in [-0.39, 0.29) is 4.69 Å². The monoisotopic (exact) mass is 246 g/mol. The van der Waals surface area contributed by atoms with Gasteiger partial charge in [0.05, 0.1) is 4.48 Å². The van der Waals surface area contributed by atoms with Crippen molar-refractivity contribution >= 4 is 48.2 Å². The van der Waals surface area contributed by atoms with Crippen molar-refractivity contribution in [2.75, 3.05) is 0 Å². The summed E-state index contributed by atoms with van der Waals surface area (Å²) in [6.45, 7) is 0. The Morgan fingerprint density at radius 3 is 2.00 bits per heavy atom. The molecule has 0 fully saturated rings. The fourth-order valence-corrected chi connectivity index (χ4v) is 0.388. The van der Waals surface area contributed by atoms with Crippen LogP contribution in [0.5, 0.6) is 0 Å². The van der Waals surface area contributed by atoms with Crippen molar-refractivity contribution in [3.05, 3.63) is 10.0 Å². The SMILES string of the molecule is O=C(Br)C(Br)=CCl. The summed E-state index contributed by atoms with van der Waals surface area (Å²) >= 11 is 10.6. The third-order valence-electron chi connectivity index (χ3n) is 0.284. The number of rotatable bonds is 1. The van der Waals surface area contributed by atoms with Gasteiger partial charge in [0.1, 0.15) is 0 Å². The van der Waals surface area contributed by atoms with E-state index in [1.165, 1.54) is 0 Å². The lowest BCUT2D eigenvalue weighted by molar-refractivity contribution is -0.106. The molecule has 0 saturated carbocycles. The van der Waals surface area contributed by atoms with Crippen molar-refractivity contribution < 1.29 is 4.79 Å². The lowest BCUT2D eigenvalue weighted by atomic mass is 10.7. The van der Waals surface area contributed by atoms with Gasteiger partial charge in [-0.2, -0.15) is 0 Å². The minimum atomic E-state index is -0.248. The molecule has 0 aliphatic carbocycles. The predicted octanol–water partition coefficient (Wildman–Crippen LogP) is 2.38. The van der Waals surface area contributed by atoms with Gasteiger partial charge < -0.3 is 0 Å². The van der Waals surface area contributed by atoms with E-state index in [1.807, 2.05) is 0 Å². The molecule has 0 atom stereocenters. The van der Waals surface area contributed by atoms with Gasteiger partial charge in [-0.25, -0.2) is 0 Å². The Hall–Kier alpha value is 0.660. The fourth-order valence-electron chi connectivity index (χ4n) is 0.0429. The van der Waals surface area contributed by atoms with Crippen molar-refractivity contribution in [1.82, 2.24) is 0 Å². The van der Waals surface area contributed by atoms with Gasteiger partial charge >= 0.3 is 0 Å². The maximum atomic E-state index is 10.1. The van der Waals surface area contributed by atoms with E-state index in [1.54, 1.807) is 0 Å². The highest BCUT2D eigenvalue weighted by molar-refractivity contribution is 9.20. The molecule has 7 heavy (non-hydrogen) atoms. The fraction of sp³-hybridized carbons (Fsp3) is 0. The van der Waals surface area contributed by atoms with E-state index in [0.717, 1.165) is 5.54 Å². The average Bonchev–Trinajstić information content (AvgIpc) is 1.65. The van der Waals surface area contributed by atoms with Gasteiger partial charge in [0.2, 0.25) is 4.69 Å². The quantitative estimate of drug-likeness (QED) is 0.514. The molecular formula is C3HBr2ClO. The molecule has 0 bridgehead atoms. The molecule has 0 unspecified atom stereocenters. The van der Waals surface area contributed by atoms with Crippen LogP contribution in [0.3, 0.4) is 0 Å². The summed E-state index contributed by atoms with van der Waals surface area (Å²) in [7, 11) is 0. The summed E-state index contributed by atoms with van der Waals surface area (Å²) in [4.78, 5) is 10.1. The number of carbonyl (C=O) groups excluding carboxylic acids is 1. The smallest absolute Gasteiger partial charge is 0.235 e. The van der Waals surface area contributed by atoms with Gasteiger partial charge in [0, 0.05) is 5.54 Å². The molecular weight excluding hydrogens is 247 g/mol. The first-order valence-electron chi connectivity index (χ1n) is 1.34. The third-order valence-corrected chi connectivity index (χ3v) is 2.31. The van der Waals surface area contributed by atoms with Crippen LogP contribution >= 0.6 is 43.5 Å². The van der Waals surface area contributed by atoms with E-state index < -0.39 is 0 Å². The van der Waals surface area contributed by atoms with Gasteiger partial charge in [-0.1, -0.05) is 11.6 Å². The Morgan fingerprint density at radius 2 is 2.00 bits per heavy atom. The van der Waals surface area contributed by atoms with Crippen LogP contribution in [0, 0.1) is 0 Å². The highest BCUT2D eigenvalue weighted by Crippen LogP contribution is 2.10. The molecule has 0 saturated heterocycles. The highest BCUT2D eigenvalue weighted by Gasteiger charge is 1.95.